The molecule has 2 nitrogen and oxygen atoms in total. The van der Waals surface area contributed by atoms with E-state index in [9.17, 15) is 0 Å². The van der Waals surface area contributed by atoms with Crippen LogP contribution in [0.25, 0.3) is 10.9 Å². The summed E-state index contributed by atoms with van der Waals surface area (Å²) in [7, 11) is 0. The molecule has 108 valence electrons. The monoisotopic (exact) mass is 299 g/mol. The molecule has 2 aromatic carbocycles. The first kappa shape index (κ1) is 14.0. The molecule has 0 aliphatic rings. The lowest BCUT2D eigenvalue weighted by Gasteiger charge is -2.05. The Hall–Kier alpha value is -1.93. The topological polar surface area (TPSA) is 14.2 Å². The second-order valence-corrected chi connectivity index (χ2v) is 5.64. The second kappa shape index (κ2) is 5.82. The van der Waals surface area contributed by atoms with Gasteiger partial charge in [0.2, 0.25) is 0 Å². The van der Waals surface area contributed by atoms with Crippen molar-refractivity contribution in [3.63, 3.8) is 0 Å². The fourth-order valence-corrected chi connectivity index (χ4v) is 2.69. The van der Waals surface area contributed by atoms with Crippen molar-refractivity contribution < 1.29 is 4.74 Å². The van der Waals surface area contributed by atoms with Crippen molar-refractivity contribution in [3.8, 4) is 5.75 Å². The number of aryl methyl sites for hydroxylation is 2. The van der Waals surface area contributed by atoms with Crippen LogP contribution in [0, 0.1) is 6.92 Å². The Kier molecular flexibility index (Phi) is 3.89. The van der Waals surface area contributed by atoms with Crippen LogP contribution in [0.5, 0.6) is 5.75 Å². The van der Waals surface area contributed by atoms with Gasteiger partial charge in [-0.05, 0) is 44.2 Å². The molecule has 0 saturated heterocycles. The minimum Gasteiger partial charge on any atom is -0.489 e. The van der Waals surface area contributed by atoms with Crippen LogP contribution in [-0.2, 0) is 13.2 Å². The number of rotatable bonds is 4. The highest BCUT2D eigenvalue weighted by Crippen LogP contribution is 2.26. The number of hydrogen-bond acceptors (Lipinski definition) is 1. The van der Waals surface area contributed by atoms with E-state index in [-0.39, 0.29) is 0 Å². The van der Waals surface area contributed by atoms with E-state index < -0.39 is 0 Å². The van der Waals surface area contributed by atoms with Crippen molar-refractivity contribution >= 4 is 22.5 Å². The molecular weight excluding hydrogens is 282 g/mol. The van der Waals surface area contributed by atoms with E-state index in [2.05, 4.69) is 42.8 Å². The van der Waals surface area contributed by atoms with Gasteiger partial charge < -0.3 is 9.30 Å². The maximum absolute atomic E-state index is 6.13. The second-order valence-electron chi connectivity index (χ2n) is 5.20. The molecule has 0 bridgehead atoms. The van der Waals surface area contributed by atoms with Crippen molar-refractivity contribution in [1.82, 2.24) is 4.57 Å². The van der Waals surface area contributed by atoms with Gasteiger partial charge in [0.05, 0.1) is 0 Å². The van der Waals surface area contributed by atoms with Crippen LogP contribution in [0.3, 0.4) is 0 Å². The molecule has 0 unspecified atom stereocenters. The minimum atomic E-state index is 0.549. The van der Waals surface area contributed by atoms with E-state index >= 15 is 0 Å². The third-order valence-electron chi connectivity index (χ3n) is 3.68. The van der Waals surface area contributed by atoms with Crippen molar-refractivity contribution in [2.24, 2.45) is 0 Å². The van der Waals surface area contributed by atoms with Gasteiger partial charge >= 0.3 is 0 Å². The first-order valence-corrected chi connectivity index (χ1v) is 7.52. The average Bonchev–Trinajstić information content (AvgIpc) is 2.84. The van der Waals surface area contributed by atoms with Crippen LogP contribution in [0.2, 0.25) is 5.02 Å². The maximum atomic E-state index is 6.13. The van der Waals surface area contributed by atoms with Gasteiger partial charge in [0.15, 0.2) is 0 Å². The van der Waals surface area contributed by atoms with Crippen LogP contribution in [-0.4, -0.2) is 4.57 Å². The van der Waals surface area contributed by atoms with Crippen LogP contribution in [0.4, 0.5) is 0 Å². The van der Waals surface area contributed by atoms with Crippen molar-refractivity contribution in [3.05, 3.63) is 64.8 Å². The molecule has 0 fully saturated rings. The molecule has 0 saturated carbocycles. The molecule has 1 aromatic heterocycles. The van der Waals surface area contributed by atoms with Gasteiger partial charge in [0.25, 0.3) is 0 Å². The molecule has 1 heterocycles. The predicted molar refractivity (Wildman–Crippen MR) is 88.1 cm³/mol. The summed E-state index contributed by atoms with van der Waals surface area (Å²) in [5, 5.41) is 1.92. The highest BCUT2D eigenvalue weighted by molar-refractivity contribution is 6.31. The van der Waals surface area contributed by atoms with Gasteiger partial charge in [-0.1, -0.05) is 29.3 Å². The van der Waals surface area contributed by atoms with Crippen LogP contribution in [0.15, 0.2) is 48.7 Å². The van der Waals surface area contributed by atoms with E-state index in [4.69, 9.17) is 16.3 Å². The lowest BCUT2D eigenvalue weighted by atomic mass is 10.2. The Bertz CT molecular complexity index is 759. The fraction of sp³-hybridized carbons (Fsp3) is 0.222. The van der Waals surface area contributed by atoms with E-state index in [1.54, 1.807) is 0 Å². The van der Waals surface area contributed by atoms with Crippen molar-refractivity contribution in [2.45, 2.75) is 27.0 Å². The van der Waals surface area contributed by atoms with Gasteiger partial charge in [-0.15, -0.1) is 0 Å². The Morgan fingerprint density at radius 3 is 2.57 bits per heavy atom. The quantitative estimate of drug-likeness (QED) is 0.645. The summed E-state index contributed by atoms with van der Waals surface area (Å²) in [6, 6.07) is 14.1. The molecule has 21 heavy (non-hydrogen) atoms. The molecule has 0 atom stereocenters. The van der Waals surface area contributed by atoms with Gasteiger partial charge in [0, 0.05) is 34.2 Å². The van der Waals surface area contributed by atoms with Crippen molar-refractivity contribution in [2.75, 3.05) is 0 Å². The molecule has 3 aromatic rings. The maximum Gasteiger partial charge on any atom is 0.119 e. The summed E-state index contributed by atoms with van der Waals surface area (Å²) < 4.78 is 8.12. The zero-order valence-electron chi connectivity index (χ0n) is 12.3. The lowest BCUT2D eigenvalue weighted by Crippen LogP contribution is -1.95. The summed E-state index contributed by atoms with van der Waals surface area (Å²) in [5.74, 6) is 0.889. The molecule has 0 N–H and O–H groups in total. The van der Waals surface area contributed by atoms with E-state index in [1.807, 2.05) is 24.3 Å². The predicted octanol–water partition coefficient (Wildman–Crippen LogP) is 5.20. The fourth-order valence-electron chi connectivity index (χ4n) is 2.52. The number of benzene rings is 2. The van der Waals surface area contributed by atoms with E-state index in [0.29, 0.717) is 6.61 Å². The smallest absolute Gasteiger partial charge is 0.119 e. The van der Waals surface area contributed by atoms with Crippen LogP contribution < -0.4 is 4.74 Å². The highest BCUT2D eigenvalue weighted by Gasteiger charge is 2.09. The molecule has 0 radical (unpaired) electrons. The molecule has 3 rings (SSSR count). The lowest BCUT2D eigenvalue weighted by molar-refractivity contribution is 0.307. The molecular formula is C18H18ClNO. The standard InChI is InChI=1S/C18H18ClNO/c1-3-20-11-14(17-10-15(19)6-9-18(17)20)12-21-16-7-4-13(2)5-8-16/h4-11H,3,12H2,1-2H3. The third kappa shape index (κ3) is 2.91. The van der Waals surface area contributed by atoms with Gasteiger partial charge in [-0.25, -0.2) is 0 Å². The Morgan fingerprint density at radius 1 is 1.10 bits per heavy atom. The molecule has 3 heteroatoms. The van der Waals surface area contributed by atoms with Crippen LogP contribution >= 0.6 is 11.6 Å². The number of aromatic nitrogens is 1. The summed E-state index contributed by atoms with van der Waals surface area (Å²) in [6.07, 6.45) is 2.15. The van der Waals surface area contributed by atoms with Gasteiger partial charge in [-0.2, -0.15) is 0 Å². The summed E-state index contributed by atoms with van der Waals surface area (Å²) in [6.45, 7) is 5.69. The summed E-state index contributed by atoms with van der Waals surface area (Å²) in [4.78, 5) is 0. The van der Waals surface area contributed by atoms with Gasteiger partial charge in [-0.3, -0.25) is 0 Å². The first-order chi connectivity index (χ1) is 10.2. The molecule has 0 spiro atoms. The molecule has 0 aliphatic heterocycles. The van der Waals surface area contributed by atoms with E-state index in [1.165, 1.54) is 11.1 Å². The first-order valence-electron chi connectivity index (χ1n) is 7.14. The normalized spacial score (nSPS) is 11.0. The van der Waals surface area contributed by atoms with Crippen LogP contribution in [0.1, 0.15) is 18.1 Å². The Morgan fingerprint density at radius 2 is 1.86 bits per heavy atom. The minimum absolute atomic E-state index is 0.549. The SMILES string of the molecule is CCn1cc(COc2ccc(C)cc2)c2cc(Cl)ccc21. The zero-order valence-corrected chi connectivity index (χ0v) is 13.0. The number of hydrogen-bond donors (Lipinski definition) is 0. The summed E-state index contributed by atoms with van der Waals surface area (Å²) in [5.41, 5.74) is 3.59. The Labute approximate surface area is 129 Å². The number of halogens is 1. The summed E-state index contributed by atoms with van der Waals surface area (Å²) >= 11 is 6.13. The number of ether oxygens (including phenoxy) is 1. The van der Waals surface area contributed by atoms with E-state index in [0.717, 1.165) is 28.3 Å². The Balaban J connectivity index is 1.89. The molecule has 0 amide bonds. The number of fused-ring (bicyclic) bond motifs is 1. The largest absolute Gasteiger partial charge is 0.489 e. The van der Waals surface area contributed by atoms with Gasteiger partial charge in [0.1, 0.15) is 12.4 Å². The van der Waals surface area contributed by atoms with Crippen molar-refractivity contribution in [1.29, 1.82) is 0 Å². The third-order valence-corrected chi connectivity index (χ3v) is 3.92. The average molecular weight is 300 g/mol. The molecule has 0 aliphatic carbocycles. The zero-order chi connectivity index (χ0) is 14.8. The number of nitrogens with zero attached hydrogens (tertiary/aromatic N) is 1. The highest BCUT2D eigenvalue weighted by atomic mass is 35.5.